The summed E-state index contributed by atoms with van der Waals surface area (Å²) >= 11 is 0. The van der Waals surface area contributed by atoms with Crippen LogP contribution in [-0.4, -0.2) is 23.0 Å². The van der Waals surface area contributed by atoms with Gasteiger partial charge in [0.25, 0.3) is 0 Å². The molecule has 0 spiro atoms. The summed E-state index contributed by atoms with van der Waals surface area (Å²) in [6, 6.07) is 14.7. The second-order valence-corrected chi connectivity index (χ2v) is 6.22. The second kappa shape index (κ2) is 6.51. The Balaban J connectivity index is 1.64. The lowest BCUT2D eigenvalue weighted by Crippen LogP contribution is -2.30. The van der Waals surface area contributed by atoms with Gasteiger partial charge in [-0.2, -0.15) is 0 Å². The Morgan fingerprint density at radius 1 is 1.12 bits per heavy atom. The Labute approximate surface area is 144 Å². The molecule has 1 atom stereocenters. The predicted molar refractivity (Wildman–Crippen MR) is 92.1 cm³/mol. The highest BCUT2D eigenvalue weighted by Gasteiger charge is 2.26. The van der Waals surface area contributed by atoms with Gasteiger partial charge in [-0.15, -0.1) is 0 Å². The number of benzene rings is 2. The van der Waals surface area contributed by atoms with Gasteiger partial charge in [0, 0.05) is 12.0 Å². The second-order valence-electron chi connectivity index (χ2n) is 6.22. The van der Waals surface area contributed by atoms with Crippen molar-refractivity contribution >= 4 is 22.7 Å². The highest BCUT2D eigenvalue weighted by atomic mass is 16.5. The van der Waals surface area contributed by atoms with E-state index in [1.54, 1.807) is 18.2 Å². The number of ether oxygens (including phenoxy) is 1. The fourth-order valence-corrected chi connectivity index (χ4v) is 3.14. The van der Waals surface area contributed by atoms with Crippen molar-refractivity contribution in [1.82, 2.24) is 5.16 Å². The zero-order chi connectivity index (χ0) is 17.2. The number of fused-ring (bicyclic) bond motifs is 1. The molecule has 2 aromatic carbocycles. The quantitative estimate of drug-likeness (QED) is 0.672. The summed E-state index contributed by atoms with van der Waals surface area (Å²) in [5.74, 6) is 0.136. The molecule has 5 nitrogen and oxygen atoms in total. The zero-order valence-electron chi connectivity index (χ0n) is 13.6. The molecule has 0 radical (unpaired) electrons. The van der Waals surface area contributed by atoms with Crippen molar-refractivity contribution < 1.29 is 18.8 Å². The van der Waals surface area contributed by atoms with Crippen LogP contribution in [0.15, 0.2) is 53.1 Å². The predicted octanol–water partition coefficient (Wildman–Crippen LogP) is 4.16. The summed E-state index contributed by atoms with van der Waals surface area (Å²) in [4.78, 5) is 24.3. The van der Waals surface area contributed by atoms with Crippen LogP contribution >= 0.6 is 0 Å². The van der Waals surface area contributed by atoms with E-state index in [-0.39, 0.29) is 5.78 Å². The number of ketones is 1. The molecule has 0 amide bonds. The number of hydrogen-bond acceptors (Lipinski definition) is 5. The van der Waals surface area contributed by atoms with Crippen molar-refractivity contribution in [2.75, 3.05) is 0 Å². The van der Waals surface area contributed by atoms with Gasteiger partial charge >= 0.3 is 5.97 Å². The van der Waals surface area contributed by atoms with E-state index < -0.39 is 12.1 Å². The van der Waals surface area contributed by atoms with Crippen molar-refractivity contribution in [2.45, 2.75) is 31.8 Å². The van der Waals surface area contributed by atoms with Gasteiger partial charge in [0.05, 0.1) is 10.9 Å². The SMILES string of the molecule is O=C(O[C@@H]1CCCCC1=O)c1ccc2noc(-c3ccccc3)c2c1. The van der Waals surface area contributed by atoms with Gasteiger partial charge in [0.15, 0.2) is 17.6 Å². The van der Waals surface area contributed by atoms with E-state index in [4.69, 9.17) is 9.26 Å². The largest absolute Gasteiger partial charge is 0.451 e. The first kappa shape index (κ1) is 15.6. The molecule has 0 saturated heterocycles. The van der Waals surface area contributed by atoms with Crippen LogP contribution in [0.3, 0.4) is 0 Å². The topological polar surface area (TPSA) is 69.4 Å². The molecule has 25 heavy (non-hydrogen) atoms. The molecule has 0 N–H and O–H groups in total. The van der Waals surface area contributed by atoms with Crippen LogP contribution < -0.4 is 0 Å². The van der Waals surface area contributed by atoms with Crippen LogP contribution in [0, 0.1) is 0 Å². The molecule has 1 heterocycles. The maximum atomic E-state index is 12.4. The standard InChI is InChI=1S/C20H17NO4/c22-17-8-4-5-9-18(17)24-20(23)14-10-11-16-15(12-14)19(25-21-16)13-6-2-1-3-7-13/h1-3,6-7,10-12,18H,4-5,8-9H2/t18-/m1/s1. The molecule has 126 valence electrons. The van der Waals surface area contributed by atoms with E-state index in [9.17, 15) is 9.59 Å². The fraction of sp³-hybridized carbons (Fsp3) is 0.250. The molecule has 3 aromatic rings. The van der Waals surface area contributed by atoms with Gasteiger partial charge < -0.3 is 9.26 Å². The third-order valence-electron chi connectivity index (χ3n) is 4.50. The number of aromatic nitrogens is 1. The summed E-state index contributed by atoms with van der Waals surface area (Å²) in [7, 11) is 0. The Morgan fingerprint density at radius 2 is 1.96 bits per heavy atom. The van der Waals surface area contributed by atoms with E-state index in [0.717, 1.165) is 23.8 Å². The maximum absolute atomic E-state index is 12.4. The third-order valence-corrected chi connectivity index (χ3v) is 4.50. The molecule has 1 aromatic heterocycles. The summed E-state index contributed by atoms with van der Waals surface area (Å²) in [6.07, 6.45) is 2.26. The van der Waals surface area contributed by atoms with E-state index in [1.807, 2.05) is 30.3 Å². The number of hydrogen-bond donors (Lipinski definition) is 0. The minimum Gasteiger partial charge on any atom is -0.451 e. The van der Waals surface area contributed by atoms with Crippen molar-refractivity contribution in [2.24, 2.45) is 0 Å². The number of esters is 1. The van der Waals surface area contributed by atoms with Gasteiger partial charge in [-0.1, -0.05) is 35.5 Å². The molecule has 5 heteroatoms. The average Bonchev–Trinajstić information content (AvgIpc) is 3.07. The molecule has 0 aliphatic heterocycles. The van der Waals surface area contributed by atoms with Crippen LogP contribution in [0.25, 0.3) is 22.2 Å². The molecule has 0 unspecified atom stereocenters. The van der Waals surface area contributed by atoms with Crippen LogP contribution in [-0.2, 0) is 9.53 Å². The van der Waals surface area contributed by atoms with Gasteiger partial charge in [-0.3, -0.25) is 4.79 Å². The molecule has 1 saturated carbocycles. The molecule has 1 aliphatic carbocycles. The molecular weight excluding hydrogens is 318 g/mol. The number of carbonyl (C=O) groups is 2. The summed E-state index contributed by atoms with van der Waals surface area (Å²) < 4.78 is 10.9. The normalized spacial score (nSPS) is 17.6. The molecule has 4 rings (SSSR count). The molecular formula is C20H17NO4. The summed E-state index contributed by atoms with van der Waals surface area (Å²) in [5, 5.41) is 4.79. The summed E-state index contributed by atoms with van der Waals surface area (Å²) in [5.41, 5.74) is 1.95. The van der Waals surface area contributed by atoms with E-state index >= 15 is 0 Å². The Kier molecular flexibility index (Phi) is 4.06. The van der Waals surface area contributed by atoms with Crippen LogP contribution in [0.1, 0.15) is 36.0 Å². The number of carbonyl (C=O) groups excluding carboxylic acids is 2. The first-order chi connectivity index (χ1) is 12.2. The lowest BCUT2D eigenvalue weighted by molar-refractivity contribution is -0.129. The van der Waals surface area contributed by atoms with Crippen molar-refractivity contribution in [1.29, 1.82) is 0 Å². The zero-order valence-corrected chi connectivity index (χ0v) is 13.6. The molecule has 1 fully saturated rings. The lowest BCUT2D eigenvalue weighted by Gasteiger charge is -2.20. The lowest BCUT2D eigenvalue weighted by atomic mass is 9.96. The fourth-order valence-electron chi connectivity index (χ4n) is 3.14. The molecule has 1 aliphatic rings. The van der Waals surface area contributed by atoms with E-state index in [2.05, 4.69) is 5.16 Å². The molecule has 0 bridgehead atoms. The van der Waals surface area contributed by atoms with Crippen molar-refractivity contribution in [3.8, 4) is 11.3 Å². The van der Waals surface area contributed by atoms with Crippen molar-refractivity contribution in [3.05, 3.63) is 54.1 Å². The van der Waals surface area contributed by atoms with E-state index in [0.29, 0.717) is 29.7 Å². The minimum atomic E-state index is -0.618. The van der Waals surface area contributed by atoms with Crippen molar-refractivity contribution in [3.63, 3.8) is 0 Å². The average molecular weight is 335 g/mol. The van der Waals surface area contributed by atoms with Gasteiger partial charge in [0.2, 0.25) is 0 Å². The number of Topliss-reactive ketones (excluding diaryl/α,β-unsaturated/α-hetero) is 1. The van der Waals surface area contributed by atoms with Crippen LogP contribution in [0.5, 0.6) is 0 Å². The van der Waals surface area contributed by atoms with E-state index in [1.165, 1.54) is 0 Å². The monoisotopic (exact) mass is 335 g/mol. The highest BCUT2D eigenvalue weighted by Crippen LogP contribution is 2.29. The first-order valence-corrected chi connectivity index (χ1v) is 8.41. The van der Waals surface area contributed by atoms with Crippen LogP contribution in [0.4, 0.5) is 0 Å². The number of rotatable bonds is 3. The summed E-state index contributed by atoms with van der Waals surface area (Å²) in [6.45, 7) is 0. The third kappa shape index (κ3) is 3.05. The van der Waals surface area contributed by atoms with Gasteiger partial charge in [-0.25, -0.2) is 4.79 Å². The van der Waals surface area contributed by atoms with Gasteiger partial charge in [-0.05, 0) is 37.5 Å². The Hall–Kier alpha value is -2.95. The maximum Gasteiger partial charge on any atom is 0.338 e. The highest BCUT2D eigenvalue weighted by molar-refractivity contribution is 5.99. The number of nitrogens with zero attached hydrogens (tertiary/aromatic N) is 1. The minimum absolute atomic E-state index is 0.00984. The van der Waals surface area contributed by atoms with Crippen LogP contribution in [0.2, 0.25) is 0 Å². The Bertz CT molecular complexity index is 929. The Morgan fingerprint density at radius 3 is 2.76 bits per heavy atom. The smallest absolute Gasteiger partial charge is 0.338 e. The van der Waals surface area contributed by atoms with Gasteiger partial charge in [0.1, 0.15) is 5.52 Å². The first-order valence-electron chi connectivity index (χ1n) is 8.41.